The second-order valence-corrected chi connectivity index (χ2v) is 8.22. The summed E-state index contributed by atoms with van der Waals surface area (Å²) < 4.78 is 41.5. The van der Waals surface area contributed by atoms with Crippen LogP contribution in [0.5, 0.6) is 0 Å². The Balaban J connectivity index is 2.10. The van der Waals surface area contributed by atoms with E-state index in [9.17, 15) is 17.6 Å². The van der Waals surface area contributed by atoms with Crippen molar-refractivity contribution in [1.82, 2.24) is 0 Å². The van der Waals surface area contributed by atoms with Crippen LogP contribution in [0.3, 0.4) is 0 Å². The summed E-state index contributed by atoms with van der Waals surface area (Å²) in [7, 11) is -3.62. The number of rotatable bonds is 12. The molecule has 0 atom stereocenters. The molecule has 7 heteroatoms. The van der Waals surface area contributed by atoms with Gasteiger partial charge in [-0.2, -0.15) is 8.42 Å². The van der Waals surface area contributed by atoms with Gasteiger partial charge in [0.05, 0.1) is 6.61 Å². The molecule has 1 aromatic carbocycles. The molecule has 0 spiro atoms. The third-order valence-corrected chi connectivity index (χ3v) is 5.04. The number of hydrogen-bond donors (Lipinski definition) is 0. The largest absolute Gasteiger partial charge is 0.288 e. The normalized spacial score (nSPS) is 11.6. The van der Waals surface area contributed by atoms with Crippen LogP contribution in [0.25, 0.3) is 0 Å². The summed E-state index contributed by atoms with van der Waals surface area (Å²) in [6.07, 6.45) is 6.23. The monoisotopic (exact) mass is 456 g/mol. The van der Waals surface area contributed by atoms with Crippen LogP contribution in [-0.4, -0.2) is 18.8 Å². The SMILES string of the molecule is O=C(I)CCCCCCCCOS(=O)(=O)Cc1ccc(F)cc1. The molecular formula is C16H22FIO4S. The average molecular weight is 456 g/mol. The highest BCUT2D eigenvalue weighted by atomic mass is 127. The van der Waals surface area contributed by atoms with E-state index in [-0.39, 0.29) is 16.1 Å². The van der Waals surface area contributed by atoms with Crippen LogP contribution in [0, 0.1) is 5.82 Å². The van der Waals surface area contributed by atoms with Gasteiger partial charge in [-0.15, -0.1) is 0 Å². The van der Waals surface area contributed by atoms with Crippen LogP contribution >= 0.6 is 22.6 Å². The summed E-state index contributed by atoms with van der Waals surface area (Å²) >= 11 is 1.81. The van der Waals surface area contributed by atoms with E-state index in [2.05, 4.69) is 0 Å². The number of halogens is 2. The summed E-state index contributed by atoms with van der Waals surface area (Å²) in [5, 5.41) is 0. The molecule has 0 saturated carbocycles. The van der Waals surface area contributed by atoms with Crippen molar-refractivity contribution in [2.75, 3.05) is 6.61 Å². The van der Waals surface area contributed by atoms with Gasteiger partial charge in [-0.3, -0.25) is 8.98 Å². The van der Waals surface area contributed by atoms with Gasteiger partial charge in [-0.1, -0.05) is 37.8 Å². The summed E-state index contributed by atoms with van der Waals surface area (Å²) in [6.45, 7) is 0.176. The maximum atomic E-state index is 12.8. The minimum absolute atomic E-state index is 0.176. The first kappa shape index (κ1) is 20.5. The molecule has 1 rings (SSSR count). The Morgan fingerprint density at radius 2 is 1.57 bits per heavy atom. The molecule has 0 aromatic heterocycles. The quantitative estimate of drug-likeness (QED) is 0.203. The number of unbranched alkanes of at least 4 members (excludes halogenated alkanes) is 5. The summed E-state index contributed by atoms with van der Waals surface area (Å²) in [4.78, 5) is 10.8. The van der Waals surface area contributed by atoms with Gasteiger partial charge >= 0.3 is 0 Å². The van der Waals surface area contributed by atoms with Crippen molar-refractivity contribution in [3.8, 4) is 0 Å². The zero-order valence-corrected chi connectivity index (χ0v) is 15.9. The second kappa shape index (κ2) is 11.1. The number of hydrogen-bond acceptors (Lipinski definition) is 4. The fourth-order valence-electron chi connectivity index (χ4n) is 2.09. The zero-order chi connectivity index (χ0) is 17.1. The van der Waals surface area contributed by atoms with Crippen molar-refractivity contribution >= 4 is 36.5 Å². The van der Waals surface area contributed by atoms with Gasteiger partial charge in [0.1, 0.15) is 11.6 Å². The van der Waals surface area contributed by atoms with Gasteiger partial charge in [-0.05, 0) is 53.1 Å². The molecular weight excluding hydrogens is 434 g/mol. The van der Waals surface area contributed by atoms with Crippen LogP contribution in [0.2, 0.25) is 0 Å². The second-order valence-electron chi connectivity index (χ2n) is 5.38. The number of carbonyl (C=O) groups is 1. The standard InChI is InChI=1S/C16H22FIO4S/c17-15-10-8-14(9-11-15)13-23(20,21)22-12-6-4-2-1-3-5-7-16(18)19/h8-11H,1-7,12-13H2. The lowest BCUT2D eigenvalue weighted by atomic mass is 10.1. The van der Waals surface area contributed by atoms with Crippen molar-refractivity contribution in [3.05, 3.63) is 35.6 Å². The van der Waals surface area contributed by atoms with Gasteiger partial charge in [0.25, 0.3) is 10.1 Å². The molecule has 0 bridgehead atoms. The molecule has 0 aliphatic heterocycles. The van der Waals surface area contributed by atoms with Crippen LogP contribution < -0.4 is 0 Å². The molecule has 130 valence electrons. The molecule has 0 saturated heterocycles. The van der Waals surface area contributed by atoms with E-state index in [1.54, 1.807) is 0 Å². The topological polar surface area (TPSA) is 60.4 Å². The molecule has 0 aliphatic carbocycles. The van der Waals surface area contributed by atoms with Crippen LogP contribution in [-0.2, 0) is 24.8 Å². The lowest BCUT2D eigenvalue weighted by Gasteiger charge is -2.06. The first-order valence-electron chi connectivity index (χ1n) is 7.69. The smallest absolute Gasteiger partial charge is 0.271 e. The van der Waals surface area contributed by atoms with Crippen LogP contribution in [0.15, 0.2) is 24.3 Å². The average Bonchev–Trinajstić information content (AvgIpc) is 2.47. The Kier molecular flexibility index (Phi) is 9.89. The Morgan fingerprint density at radius 1 is 1.00 bits per heavy atom. The van der Waals surface area contributed by atoms with E-state index in [1.165, 1.54) is 24.3 Å². The van der Waals surface area contributed by atoms with Gasteiger partial charge in [0.2, 0.25) is 0 Å². The van der Waals surface area contributed by atoms with E-state index in [0.717, 1.165) is 32.1 Å². The van der Waals surface area contributed by atoms with Crippen LogP contribution in [0.1, 0.15) is 50.5 Å². The van der Waals surface area contributed by atoms with E-state index >= 15 is 0 Å². The lowest BCUT2D eigenvalue weighted by Crippen LogP contribution is -2.10. The van der Waals surface area contributed by atoms with Crippen molar-refractivity contribution in [3.63, 3.8) is 0 Å². The third-order valence-electron chi connectivity index (χ3n) is 3.29. The Labute approximate surface area is 151 Å². The molecule has 0 unspecified atom stereocenters. The minimum atomic E-state index is -3.62. The zero-order valence-electron chi connectivity index (χ0n) is 13.0. The molecule has 23 heavy (non-hydrogen) atoms. The first-order valence-corrected chi connectivity index (χ1v) is 10.3. The number of benzene rings is 1. The Hall–Kier alpha value is -0.540. The Bertz CT molecular complexity index is 572. The van der Waals surface area contributed by atoms with Crippen molar-refractivity contribution in [2.45, 2.75) is 50.7 Å². The lowest BCUT2D eigenvalue weighted by molar-refractivity contribution is -0.109. The molecule has 0 aliphatic rings. The molecule has 0 N–H and O–H groups in total. The molecule has 0 amide bonds. The highest BCUT2D eigenvalue weighted by Crippen LogP contribution is 2.12. The molecule has 4 nitrogen and oxygen atoms in total. The van der Waals surface area contributed by atoms with Gasteiger partial charge in [-0.25, -0.2) is 4.39 Å². The van der Waals surface area contributed by atoms with E-state index in [1.807, 2.05) is 22.6 Å². The van der Waals surface area contributed by atoms with Crippen molar-refractivity contribution < 1.29 is 21.8 Å². The molecule has 1 aromatic rings. The molecule has 0 heterocycles. The minimum Gasteiger partial charge on any atom is -0.288 e. The first-order chi connectivity index (χ1) is 10.9. The molecule has 0 radical (unpaired) electrons. The predicted molar refractivity (Wildman–Crippen MR) is 96.3 cm³/mol. The number of carbonyl (C=O) groups excluding carboxylic acids is 1. The fraction of sp³-hybridized carbons (Fsp3) is 0.562. The fourth-order valence-corrected chi connectivity index (χ4v) is 3.52. The highest BCUT2D eigenvalue weighted by Gasteiger charge is 2.12. The summed E-state index contributed by atoms with van der Waals surface area (Å²) in [6, 6.07) is 5.35. The van der Waals surface area contributed by atoms with Crippen LogP contribution in [0.4, 0.5) is 4.39 Å². The maximum absolute atomic E-state index is 12.8. The van der Waals surface area contributed by atoms with E-state index in [4.69, 9.17) is 4.18 Å². The van der Waals surface area contributed by atoms with Crippen molar-refractivity contribution in [2.24, 2.45) is 0 Å². The van der Waals surface area contributed by atoms with E-state index in [0.29, 0.717) is 18.4 Å². The van der Waals surface area contributed by atoms with Gasteiger partial charge < -0.3 is 0 Å². The van der Waals surface area contributed by atoms with Gasteiger partial charge in [0.15, 0.2) is 3.79 Å². The van der Waals surface area contributed by atoms with E-state index < -0.39 is 15.9 Å². The maximum Gasteiger partial charge on any atom is 0.271 e. The summed E-state index contributed by atoms with van der Waals surface area (Å²) in [5.74, 6) is -0.632. The van der Waals surface area contributed by atoms with Gasteiger partial charge in [0, 0.05) is 6.42 Å². The highest BCUT2D eigenvalue weighted by molar-refractivity contribution is 14.1. The predicted octanol–water partition coefficient (Wildman–Crippen LogP) is 4.36. The third kappa shape index (κ3) is 10.8. The molecule has 0 fully saturated rings. The van der Waals surface area contributed by atoms with Crippen molar-refractivity contribution in [1.29, 1.82) is 0 Å². The Morgan fingerprint density at radius 3 is 2.17 bits per heavy atom. The summed E-state index contributed by atoms with van der Waals surface area (Å²) in [5.41, 5.74) is 0.510.